The maximum absolute atomic E-state index is 13.3. The fraction of sp³-hybridized carbons (Fsp3) is 0.316. The van der Waals surface area contributed by atoms with E-state index in [2.05, 4.69) is 21.0 Å². The molecule has 2 aromatic carbocycles. The van der Waals surface area contributed by atoms with Crippen molar-refractivity contribution < 1.29 is 13.7 Å². The van der Waals surface area contributed by atoms with E-state index in [1.807, 2.05) is 18.2 Å². The van der Waals surface area contributed by atoms with Crippen LogP contribution < -0.4 is 9.64 Å². The molecule has 3 aromatic rings. The number of ether oxygens (including phenoxy) is 1. The topological polar surface area (TPSA) is 41.7 Å². The van der Waals surface area contributed by atoms with Crippen LogP contribution in [0.2, 0.25) is 0 Å². The third kappa shape index (κ3) is 3.17. The number of para-hydroxylation sites is 2. The van der Waals surface area contributed by atoms with E-state index in [1.54, 1.807) is 13.2 Å². The van der Waals surface area contributed by atoms with Gasteiger partial charge in [0.05, 0.1) is 12.8 Å². The maximum atomic E-state index is 13.3. The van der Waals surface area contributed by atoms with Gasteiger partial charge in [-0.05, 0) is 24.3 Å². The molecular weight excluding hydrogens is 321 g/mol. The van der Waals surface area contributed by atoms with Crippen LogP contribution in [-0.4, -0.2) is 43.3 Å². The number of halogens is 1. The van der Waals surface area contributed by atoms with E-state index in [-0.39, 0.29) is 5.82 Å². The van der Waals surface area contributed by atoms with Crippen LogP contribution in [0.5, 0.6) is 5.75 Å². The van der Waals surface area contributed by atoms with Gasteiger partial charge in [-0.2, -0.15) is 0 Å². The zero-order valence-electron chi connectivity index (χ0n) is 14.1. The van der Waals surface area contributed by atoms with Crippen LogP contribution in [0.25, 0.3) is 11.0 Å². The Morgan fingerprint density at radius 2 is 1.92 bits per heavy atom. The van der Waals surface area contributed by atoms with Gasteiger partial charge in [0.25, 0.3) is 0 Å². The summed E-state index contributed by atoms with van der Waals surface area (Å²) in [5, 5.41) is 5.00. The highest BCUT2D eigenvalue weighted by Crippen LogP contribution is 2.29. The van der Waals surface area contributed by atoms with Gasteiger partial charge in [0.1, 0.15) is 17.3 Å². The highest BCUT2D eigenvalue weighted by Gasteiger charge is 2.21. The minimum absolute atomic E-state index is 0.305. The second-order valence-electron chi connectivity index (χ2n) is 6.20. The van der Waals surface area contributed by atoms with Crippen LogP contribution in [0.4, 0.5) is 10.1 Å². The Morgan fingerprint density at radius 1 is 1.12 bits per heavy atom. The van der Waals surface area contributed by atoms with Crippen molar-refractivity contribution in [3.05, 3.63) is 54.0 Å². The molecule has 25 heavy (non-hydrogen) atoms. The van der Waals surface area contributed by atoms with Gasteiger partial charge in [-0.15, -0.1) is 0 Å². The van der Waals surface area contributed by atoms with Gasteiger partial charge < -0.3 is 14.2 Å². The zero-order valence-corrected chi connectivity index (χ0v) is 14.1. The van der Waals surface area contributed by atoms with E-state index in [9.17, 15) is 4.39 Å². The number of benzene rings is 2. The Kier molecular flexibility index (Phi) is 4.28. The average Bonchev–Trinajstić information content (AvgIpc) is 3.04. The van der Waals surface area contributed by atoms with E-state index in [4.69, 9.17) is 9.26 Å². The lowest BCUT2D eigenvalue weighted by Crippen LogP contribution is -2.46. The lowest BCUT2D eigenvalue weighted by molar-refractivity contribution is 0.242. The molecule has 1 saturated heterocycles. The Hall–Kier alpha value is -2.60. The van der Waals surface area contributed by atoms with Crippen molar-refractivity contribution in [2.24, 2.45) is 0 Å². The summed E-state index contributed by atoms with van der Waals surface area (Å²) in [4.78, 5) is 4.68. The summed E-state index contributed by atoms with van der Waals surface area (Å²) in [5.41, 5.74) is 2.50. The molecule has 130 valence electrons. The first-order valence-corrected chi connectivity index (χ1v) is 8.39. The number of aromatic nitrogens is 1. The molecule has 1 aliphatic heterocycles. The van der Waals surface area contributed by atoms with Crippen LogP contribution in [0, 0.1) is 5.82 Å². The standard InChI is InChI=1S/C19H20FN3O2/c1-24-18-5-3-2-4-17(18)23-10-8-22(9-11-23)13-16-15-7-6-14(20)12-19(15)25-21-16/h2-7,12H,8-11,13H2,1H3. The third-order valence-electron chi connectivity index (χ3n) is 4.68. The molecule has 1 fully saturated rings. The second-order valence-corrected chi connectivity index (χ2v) is 6.20. The molecule has 6 heteroatoms. The first-order valence-electron chi connectivity index (χ1n) is 8.39. The average molecular weight is 341 g/mol. The highest BCUT2D eigenvalue weighted by molar-refractivity contribution is 5.79. The van der Waals surface area contributed by atoms with E-state index < -0.39 is 0 Å². The minimum atomic E-state index is -0.305. The molecule has 0 N–H and O–H groups in total. The van der Waals surface area contributed by atoms with Crippen molar-refractivity contribution in [3.8, 4) is 5.75 Å². The van der Waals surface area contributed by atoms with Crippen LogP contribution in [-0.2, 0) is 6.54 Å². The van der Waals surface area contributed by atoms with Gasteiger partial charge >= 0.3 is 0 Å². The SMILES string of the molecule is COc1ccccc1N1CCN(Cc2noc3cc(F)ccc23)CC1. The van der Waals surface area contributed by atoms with E-state index in [1.165, 1.54) is 12.1 Å². The Bertz CT molecular complexity index is 872. The molecule has 1 aliphatic rings. The first kappa shape index (κ1) is 15.9. The summed E-state index contributed by atoms with van der Waals surface area (Å²) < 4.78 is 24.0. The molecule has 2 heterocycles. The molecule has 0 radical (unpaired) electrons. The van der Waals surface area contributed by atoms with E-state index >= 15 is 0 Å². The van der Waals surface area contributed by atoms with Crippen molar-refractivity contribution in [1.82, 2.24) is 10.1 Å². The third-order valence-corrected chi connectivity index (χ3v) is 4.68. The summed E-state index contributed by atoms with van der Waals surface area (Å²) in [7, 11) is 1.70. The summed E-state index contributed by atoms with van der Waals surface area (Å²) in [5.74, 6) is 0.598. The molecule has 5 nitrogen and oxygen atoms in total. The van der Waals surface area contributed by atoms with Crippen molar-refractivity contribution in [2.45, 2.75) is 6.54 Å². The van der Waals surface area contributed by atoms with Gasteiger partial charge in [-0.1, -0.05) is 17.3 Å². The molecule has 4 rings (SSSR count). The number of piperazine rings is 1. The zero-order chi connectivity index (χ0) is 17.2. The van der Waals surface area contributed by atoms with Crippen LogP contribution in [0.15, 0.2) is 47.0 Å². The van der Waals surface area contributed by atoms with Crippen molar-refractivity contribution in [1.29, 1.82) is 0 Å². The van der Waals surface area contributed by atoms with Crippen molar-refractivity contribution in [2.75, 3.05) is 38.2 Å². The van der Waals surface area contributed by atoms with E-state index in [0.29, 0.717) is 12.1 Å². The maximum Gasteiger partial charge on any atom is 0.170 e. The molecule has 0 bridgehead atoms. The molecule has 0 aliphatic carbocycles. The molecule has 0 saturated carbocycles. The van der Waals surface area contributed by atoms with Crippen molar-refractivity contribution in [3.63, 3.8) is 0 Å². The second kappa shape index (κ2) is 6.72. The molecule has 0 amide bonds. The Balaban J connectivity index is 1.43. The smallest absolute Gasteiger partial charge is 0.170 e. The molecular formula is C19H20FN3O2. The molecule has 0 spiro atoms. The fourth-order valence-corrected chi connectivity index (χ4v) is 3.33. The molecule has 1 aromatic heterocycles. The summed E-state index contributed by atoms with van der Waals surface area (Å²) in [6.45, 7) is 4.40. The molecule has 0 atom stereocenters. The summed E-state index contributed by atoms with van der Waals surface area (Å²) in [6, 6.07) is 12.7. The van der Waals surface area contributed by atoms with Gasteiger partial charge in [0, 0.05) is 44.2 Å². The summed E-state index contributed by atoms with van der Waals surface area (Å²) >= 11 is 0. The molecule has 0 unspecified atom stereocenters. The van der Waals surface area contributed by atoms with Crippen LogP contribution in [0.1, 0.15) is 5.69 Å². The number of hydrogen-bond donors (Lipinski definition) is 0. The first-order chi connectivity index (χ1) is 12.2. The number of rotatable bonds is 4. The van der Waals surface area contributed by atoms with Crippen LogP contribution in [0.3, 0.4) is 0 Å². The predicted octanol–water partition coefficient (Wildman–Crippen LogP) is 3.30. The largest absolute Gasteiger partial charge is 0.495 e. The van der Waals surface area contributed by atoms with Gasteiger partial charge in [-0.25, -0.2) is 4.39 Å². The highest BCUT2D eigenvalue weighted by atomic mass is 19.1. The quantitative estimate of drug-likeness (QED) is 0.728. The number of nitrogens with zero attached hydrogens (tertiary/aromatic N) is 3. The fourth-order valence-electron chi connectivity index (χ4n) is 3.33. The number of methoxy groups -OCH3 is 1. The van der Waals surface area contributed by atoms with Gasteiger partial charge in [-0.3, -0.25) is 4.90 Å². The summed E-state index contributed by atoms with van der Waals surface area (Å²) in [6.07, 6.45) is 0. The number of hydrogen-bond acceptors (Lipinski definition) is 5. The minimum Gasteiger partial charge on any atom is -0.495 e. The van der Waals surface area contributed by atoms with Crippen LogP contribution >= 0.6 is 0 Å². The number of fused-ring (bicyclic) bond motifs is 1. The predicted molar refractivity (Wildman–Crippen MR) is 94.5 cm³/mol. The monoisotopic (exact) mass is 341 g/mol. The van der Waals surface area contributed by atoms with Gasteiger partial charge in [0.2, 0.25) is 0 Å². The lowest BCUT2D eigenvalue weighted by Gasteiger charge is -2.36. The van der Waals surface area contributed by atoms with Crippen molar-refractivity contribution >= 4 is 16.7 Å². The van der Waals surface area contributed by atoms with E-state index in [0.717, 1.165) is 48.7 Å². The Morgan fingerprint density at radius 3 is 2.72 bits per heavy atom. The van der Waals surface area contributed by atoms with Gasteiger partial charge in [0.15, 0.2) is 5.58 Å². The normalized spacial score (nSPS) is 15.7. The lowest BCUT2D eigenvalue weighted by atomic mass is 10.2. The number of anilines is 1. The Labute approximate surface area is 145 Å².